The van der Waals surface area contributed by atoms with E-state index in [1.807, 2.05) is 0 Å². The Bertz CT molecular complexity index is 545. The molecule has 0 radical (unpaired) electrons. The number of halogens is 2. The number of hydrogen-bond donors (Lipinski definition) is 0. The SMILES string of the molecule is O=[N+]([O-])c1cc(Cl)ccc1OC1CC(Br)C12CCCC2. The van der Waals surface area contributed by atoms with Crippen molar-refractivity contribution in [3.63, 3.8) is 0 Å². The zero-order valence-corrected chi connectivity index (χ0v) is 13.2. The lowest BCUT2D eigenvalue weighted by atomic mass is 9.64. The Morgan fingerprint density at radius 1 is 1.40 bits per heavy atom. The van der Waals surface area contributed by atoms with Crippen LogP contribution in [0.4, 0.5) is 5.69 Å². The van der Waals surface area contributed by atoms with Gasteiger partial charge < -0.3 is 4.74 Å². The summed E-state index contributed by atoms with van der Waals surface area (Å²) >= 11 is 9.54. The molecular weight excluding hydrogens is 346 g/mol. The van der Waals surface area contributed by atoms with E-state index in [0.717, 1.165) is 19.3 Å². The highest BCUT2D eigenvalue weighted by molar-refractivity contribution is 9.09. The third-order valence-corrected chi connectivity index (χ3v) is 6.13. The Labute approximate surface area is 130 Å². The maximum Gasteiger partial charge on any atom is 0.312 e. The molecule has 0 N–H and O–H groups in total. The van der Waals surface area contributed by atoms with Gasteiger partial charge in [0.15, 0.2) is 5.75 Å². The maximum absolute atomic E-state index is 11.1. The van der Waals surface area contributed by atoms with Gasteiger partial charge in [-0.2, -0.15) is 0 Å². The summed E-state index contributed by atoms with van der Waals surface area (Å²) in [5.74, 6) is 0.329. The number of ether oxygens (including phenoxy) is 1. The van der Waals surface area contributed by atoms with Gasteiger partial charge >= 0.3 is 5.69 Å². The van der Waals surface area contributed by atoms with E-state index in [4.69, 9.17) is 16.3 Å². The van der Waals surface area contributed by atoms with Crippen LogP contribution in [0.3, 0.4) is 0 Å². The monoisotopic (exact) mass is 359 g/mol. The molecule has 0 bridgehead atoms. The van der Waals surface area contributed by atoms with Crippen molar-refractivity contribution in [1.82, 2.24) is 0 Å². The third kappa shape index (κ3) is 2.21. The fourth-order valence-corrected chi connectivity index (χ4v) is 4.68. The zero-order chi connectivity index (χ0) is 14.3. The lowest BCUT2D eigenvalue weighted by molar-refractivity contribution is -0.386. The molecule has 2 fully saturated rings. The summed E-state index contributed by atoms with van der Waals surface area (Å²) in [7, 11) is 0. The number of alkyl halides is 1. The molecule has 0 aliphatic heterocycles. The van der Waals surface area contributed by atoms with E-state index in [1.165, 1.54) is 18.9 Å². The van der Waals surface area contributed by atoms with Crippen LogP contribution in [-0.4, -0.2) is 15.9 Å². The second-order valence-corrected chi connectivity index (χ2v) is 7.16. The first kappa shape index (κ1) is 14.1. The highest BCUT2D eigenvalue weighted by Gasteiger charge is 2.56. The minimum atomic E-state index is -0.438. The highest BCUT2D eigenvalue weighted by atomic mass is 79.9. The first-order chi connectivity index (χ1) is 9.53. The topological polar surface area (TPSA) is 52.4 Å². The van der Waals surface area contributed by atoms with E-state index in [2.05, 4.69) is 15.9 Å². The Kier molecular flexibility index (Phi) is 3.67. The lowest BCUT2D eigenvalue weighted by Gasteiger charge is -2.51. The third-order valence-electron chi connectivity index (χ3n) is 4.61. The second kappa shape index (κ2) is 5.19. The van der Waals surface area contributed by atoms with E-state index in [9.17, 15) is 10.1 Å². The standard InChI is InChI=1S/C14H15BrClNO3/c15-12-8-13(14(12)5-1-2-6-14)20-11-4-3-9(16)7-10(11)17(18)19/h3-4,7,12-13H,1-2,5-6,8H2. The Morgan fingerprint density at radius 2 is 2.10 bits per heavy atom. The van der Waals surface area contributed by atoms with Gasteiger partial charge in [-0.15, -0.1) is 0 Å². The number of rotatable bonds is 3. The van der Waals surface area contributed by atoms with Crippen molar-refractivity contribution < 1.29 is 9.66 Å². The van der Waals surface area contributed by atoms with Crippen molar-refractivity contribution in [3.05, 3.63) is 33.3 Å². The van der Waals surface area contributed by atoms with Gasteiger partial charge in [0.25, 0.3) is 0 Å². The van der Waals surface area contributed by atoms with Crippen LogP contribution in [0, 0.1) is 15.5 Å². The maximum atomic E-state index is 11.1. The average molecular weight is 361 g/mol. The predicted octanol–water partition coefficient (Wildman–Crippen LogP) is 4.72. The molecule has 6 heteroatoms. The second-order valence-electron chi connectivity index (χ2n) is 5.62. The average Bonchev–Trinajstić information content (AvgIpc) is 2.92. The molecule has 2 saturated carbocycles. The van der Waals surface area contributed by atoms with Crippen molar-refractivity contribution in [3.8, 4) is 5.75 Å². The van der Waals surface area contributed by atoms with Crippen molar-refractivity contribution in [2.24, 2.45) is 5.41 Å². The van der Waals surface area contributed by atoms with Crippen LogP contribution in [0.15, 0.2) is 18.2 Å². The normalized spacial score (nSPS) is 27.3. The summed E-state index contributed by atoms with van der Waals surface area (Å²) < 4.78 is 5.98. The number of nitrogens with zero attached hydrogens (tertiary/aromatic N) is 1. The molecule has 0 amide bonds. The number of nitro groups is 1. The van der Waals surface area contributed by atoms with E-state index in [0.29, 0.717) is 15.6 Å². The van der Waals surface area contributed by atoms with Crippen molar-refractivity contribution in [2.75, 3.05) is 0 Å². The van der Waals surface area contributed by atoms with E-state index in [1.54, 1.807) is 12.1 Å². The van der Waals surface area contributed by atoms with Gasteiger partial charge in [-0.25, -0.2) is 0 Å². The summed E-state index contributed by atoms with van der Waals surface area (Å²) in [5.41, 5.74) is 0.108. The molecule has 1 aromatic rings. The molecule has 2 atom stereocenters. The molecular formula is C14H15BrClNO3. The quantitative estimate of drug-likeness (QED) is 0.445. The Morgan fingerprint density at radius 3 is 2.70 bits per heavy atom. The van der Waals surface area contributed by atoms with E-state index >= 15 is 0 Å². The fourth-order valence-electron chi connectivity index (χ4n) is 3.42. The van der Waals surface area contributed by atoms with Gasteiger partial charge in [-0.3, -0.25) is 10.1 Å². The van der Waals surface area contributed by atoms with Gasteiger partial charge in [0.1, 0.15) is 6.10 Å². The summed E-state index contributed by atoms with van der Waals surface area (Å²) in [6.45, 7) is 0. The first-order valence-corrected chi connectivity index (χ1v) is 8.07. The summed E-state index contributed by atoms with van der Waals surface area (Å²) in [6.07, 6.45) is 5.66. The van der Waals surface area contributed by atoms with Gasteiger partial charge in [-0.05, 0) is 31.4 Å². The molecule has 20 heavy (non-hydrogen) atoms. The van der Waals surface area contributed by atoms with E-state index in [-0.39, 0.29) is 17.2 Å². The van der Waals surface area contributed by atoms with Crippen molar-refractivity contribution >= 4 is 33.2 Å². The Balaban J connectivity index is 1.84. The minimum absolute atomic E-state index is 0.0522. The molecule has 1 spiro atoms. The molecule has 3 rings (SSSR count). The summed E-state index contributed by atoms with van der Waals surface area (Å²) in [4.78, 5) is 11.1. The highest BCUT2D eigenvalue weighted by Crippen LogP contribution is 2.58. The van der Waals surface area contributed by atoms with Crippen LogP contribution in [0.25, 0.3) is 0 Å². The molecule has 0 aromatic heterocycles. The smallest absolute Gasteiger partial charge is 0.312 e. The zero-order valence-electron chi connectivity index (χ0n) is 10.9. The lowest BCUT2D eigenvalue weighted by Crippen LogP contribution is -2.55. The van der Waals surface area contributed by atoms with Gasteiger partial charge in [0.05, 0.1) is 4.92 Å². The summed E-state index contributed by atoms with van der Waals surface area (Å²) in [5, 5.41) is 11.4. The summed E-state index contributed by atoms with van der Waals surface area (Å²) in [6, 6.07) is 4.59. The number of benzene rings is 1. The van der Waals surface area contributed by atoms with Crippen LogP contribution in [0.1, 0.15) is 32.1 Å². The van der Waals surface area contributed by atoms with Gasteiger partial charge in [0, 0.05) is 21.3 Å². The van der Waals surface area contributed by atoms with Gasteiger partial charge in [0.2, 0.25) is 0 Å². The van der Waals surface area contributed by atoms with Crippen LogP contribution >= 0.6 is 27.5 Å². The first-order valence-electron chi connectivity index (χ1n) is 6.77. The minimum Gasteiger partial charge on any atom is -0.483 e. The number of hydrogen-bond acceptors (Lipinski definition) is 3. The van der Waals surface area contributed by atoms with Crippen LogP contribution in [0.2, 0.25) is 5.02 Å². The van der Waals surface area contributed by atoms with Crippen LogP contribution < -0.4 is 4.74 Å². The largest absolute Gasteiger partial charge is 0.483 e. The van der Waals surface area contributed by atoms with Crippen molar-refractivity contribution in [2.45, 2.75) is 43.0 Å². The predicted molar refractivity (Wildman–Crippen MR) is 80.8 cm³/mol. The van der Waals surface area contributed by atoms with Crippen LogP contribution in [-0.2, 0) is 0 Å². The molecule has 108 valence electrons. The van der Waals surface area contributed by atoms with Crippen LogP contribution in [0.5, 0.6) is 5.75 Å². The molecule has 0 heterocycles. The van der Waals surface area contributed by atoms with Gasteiger partial charge in [-0.1, -0.05) is 40.4 Å². The molecule has 2 aliphatic carbocycles. The molecule has 0 saturated heterocycles. The fraction of sp³-hybridized carbons (Fsp3) is 0.571. The van der Waals surface area contributed by atoms with E-state index < -0.39 is 4.92 Å². The molecule has 1 aromatic carbocycles. The molecule has 4 nitrogen and oxygen atoms in total. The van der Waals surface area contributed by atoms with Crippen molar-refractivity contribution in [1.29, 1.82) is 0 Å². The molecule has 2 unspecified atom stereocenters. The number of nitro benzene ring substituents is 1. The molecule has 2 aliphatic rings. The Hall–Kier alpha value is -0.810.